The average molecular weight is 328 g/mol. The second kappa shape index (κ2) is 8.57. The van der Waals surface area contributed by atoms with Crippen LogP contribution in [0.15, 0.2) is 53.6 Å². The number of hydrogen-bond acceptors (Lipinski definition) is 5. The third-order valence-electron chi connectivity index (χ3n) is 3.29. The molecule has 2 aromatic rings. The Bertz CT molecular complexity index is 694. The van der Waals surface area contributed by atoms with Crippen LogP contribution >= 0.6 is 0 Å². The Morgan fingerprint density at radius 3 is 1.96 bits per heavy atom. The molecular weight excluding hydrogens is 308 g/mol. The normalized spacial score (nSPS) is 10.9. The Hall–Kier alpha value is -3.02. The van der Waals surface area contributed by atoms with Gasteiger partial charge in [0.25, 0.3) is 5.91 Å². The highest BCUT2D eigenvalue weighted by Gasteiger charge is 2.03. The molecule has 1 amide bonds. The number of nitrogens with one attached hydrogen (secondary N) is 1. The molecule has 0 saturated heterocycles. The van der Waals surface area contributed by atoms with Gasteiger partial charge in [0.2, 0.25) is 0 Å². The number of carbonyl (C=O) groups excluding carboxylic acids is 1. The van der Waals surface area contributed by atoms with Crippen molar-refractivity contribution in [3.8, 4) is 17.2 Å². The summed E-state index contributed by atoms with van der Waals surface area (Å²) in [7, 11) is 3.20. The molecule has 1 N–H and O–H groups in total. The second-order valence-corrected chi connectivity index (χ2v) is 4.92. The van der Waals surface area contributed by atoms with Gasteiger partial charge in [-0.3, -0.25) is 4.79 Å². The lowest BCUT2D eigenvalue weighted by molar-refractivity contribution is -0.123. The number of hydrogen-bond donors (Lipinski definition) is 1. The van der Waals surface area contributed by atoms with Gasteiger partial charge in [-0.2, -0.15) is 5.10 Å². The summed E-state index contributed by atoms with van der Waals surface area (Å²) < 4.78 is 15.5. The van der Waals surface area contributed by atoms with Crippen LogP contribution in [0.3, 0.4) is 0 Å². The van der Waals surface area contributed by atoms with E-state index < -0.39 is 0 Å². The zero-order valence-electron chi connectivity index (χ0n) is 13.9. The van der Waals surface area contributed by atoms with Crippen molar-refractivity contribution >= 4 is 11.6 Å². The molecule has 0 aliphatic carbocycles. The van der Waals surface area contributed by atoms with Crippen LogP contribution in [0.25, 0.3) is 0 Å². The lowest BCUT2D eigenvalue weighted by Gasteiger charge is -2.07. The summed E-state index contributed by atoms with van der Waals surface area (Å²) in [4.78, 5) is 11.8. The lowest BCUT2D eigenvalue weighted by Crippen LogP contribution is -2.25. The minimum Gasteiger partial charge on any atom is -0.497 e. The Kier molecular flexibility index (Phi) is 6.19. The standard InChI is InChI=1S/C18H20N2O4/c1-13(14-4-6-15(22-2)7-5-14)19-20-18(21)12-24-17-10-8-16(23-3)9-11-17/h4-11H,12H2,1-3H3,(H,20,21)/b19-13-. The fourth-order valence-electron chi connectivity index (χ4n) is 1.90. The first-order valence-corrected chi connectivity index (χ1v) is 7.37. The highest BCUT2D eigenvalue weighted by molar-refractivity contribution is 5.99. The van der Waals surface area contributed by atoms with Gasteiger partial charge in [0, 0.05) is 0 Å². The maximum Gasteiger partial charge on any atom is 0.277 e. The van der Waals surface area contributed by atoms with E-state index in [1.54, 1.807) is 38.5 Å². The molecule has 0 fully saturated rings. The maximum atomic E-state index is 11.8. The Morgan fingerprint density at radius 1 is 0.917 bits per heavy atom. The Labute approximate surface area is 141 Å². The SMILES string of the molecule is COc1ccc(OCC(=O)N/N=C(/C)c2ccc(OC)cc2)cc1. The topological polar surface area (TPSA) is 69.2 Å². The predicted octanol–water partition coefficient (Wildman–Crippen LogP) is 2.62. The number of benzene rings is 2. The van der Waals surface area contributed by atoms with Crippen LogP contribution in [0.4, 0.5) is 0 Å². The van der Waals surface area contributed by atoms with Crippen molar-refractivity contribution in [3.63, 3.8) is 0 Å². The summed E-state index contributed by atoms with van der Waals surface area (Å²) in [5, 5.41) is 4.07. The lowest BCUT2D eigenvalue weighted by atomic mass is 10.1. The highest BCUT2D eigenvalue weighted by Crippen LogP contribution is 2.16. The van der Waals surface area contributed by atoms with Gasteiger partial charge in [-0.1, -0.05) is 0 Å². The van der Waals surface area contributed by atoms with Gasteiger partial charge in [-0.15, -0.1) is 0 Å². The van der Waals surface area contributed by atoms with Crippen LogP contribution in [-0.4, -0.2) is 32.4 Å². The Morgan fingerprint density at radius 2 is 1.42 bits per heavy atom. The molecule has 0 bridgehead atoms. The van der Waals surface area contributed by atoms with Crippen molar-refractivity contribution in [2.45, 2.75) is 6.92 Å². The van der Waals surface area contributed by atoms with Crippen LogP contribution in [0, 0.1) is 0 Å². The summed E-state index contributed by atoms with van der Waals surface area (Å²) >= 11 is 0. The van der Waals surface area contributed by atoms with Crippen molar-refractivity contribution < 1.29 is 19.0 Å². The quantitative estimate of drug-likeness (QED) is 0.626. The molecule has 24 heavy (non-hydrogen) atoms. The highest BCUT2D eigenvalue weighted by atomic mass is 16.5. The maximum absolute atomic E-state index is 11.8. The monoisotopic (exact) mass is 328 g/mol. The molecule has 2 rings (SSSR count). The van der Waals surface area contributed by atoms with E-state index in [9.17, 15) is 4.79 Å². The van der Waals surface area contributed by atoms with E-state index in [1.807, 2.05) is 31.2 Å². The average Bonchev–Trinajstić information content (AvgIpc) is 2.64. The fourth-order valence-corrected chi connectivity index (χ4v) is 1.90. The van der Waals surface area contributed by atoms with E-state index in [-0.39, 0.29) is 12.5 Å². The van der Waals surface area contributed by atoms with E-state index in [2.05, 4.69) is 10.5 Å². The number of methoxy groups -OCH3 is 2. The van der Waals surface area contributed by atoms with Gasteiger partial charge < -0.3 is 14.2 Å². The molecule has 6 heteroatoms. The number of hydrazone groups is 1. The molecule has 0 unspecified atom stereocenters. The van der Waals surface area contributed by atoms with E-state index in [4.69, 9.17) is 14.2 Å². The molecule has 0 aromatic heterocycles. The summed E-state index contributed by atoms with van der Waals surface area (Å²) in [5.74, 6) is 1.75. The van der Waals surface area contributed by atoms with Crippen molar-refractivity contribution in [2.24, 2.45) is 5.10 Å². The van der Waals surface area contributed by atoms with Crippen LogP contribution in [0.5, 0.6) is 17.2 Å². The van der Waals surface area contributed by atoms with Gasteiger partial charge in [0.1, 0.15) is 17.2 Å². The summed E-state index contributed by atoms with van der Waals surface area (Å²) in [6, 6.07) is 14.4. The van der Waals surface area contributed by atoms with Gasteiger partial charge in [0.05, 0.1) is 19.9 Å². The molecule has 0 heterocycles. The third kappa shape index (κ3) is 5.01. The molecule has 0 radical (unpaired) electrons. The van der Waals surface area contributed by atoms with Gasteiger partial charge in [-0.25, -0.2) is 5.43 Å². The van der Waals surface area contributed by atoms with E-state index in [0.29, 0.717) is 11.5 Å². The second-order valence-electron chi connectivity index (χ2n) is 4.92. The van der Waals surface area contributed by atoms with Gasteiger partial charge in [-0.05, 0) is 61.0 Å². The summed E-state index contributed by atoms with van der Waals surface area (Å²) in [6.45, 7) is 1.69. The van der Waals surface area contributed by atoms with Gasteiger partial charge >= 0.3 is 0 Å². The number of carbonyl (C=O) groups is 1. The van der Waals surface area contributed by atoms with Crippen LogP contribution in [0.1, 0.15) is 12.5 Å². The molecule has 0 aliphatic heterocycles. The van der Waals surface area contributed by atoms with Gasteiger partial charge in [0.15, 0.2) is 6.61 Å². The molecule has 126 valence electrons. The van der Waals surface area contributed by atoms with E-state index >= 15 is 0 Å². The summed E-state index contributed by atoms with van der Waals surface area (Å²) in [5.41, 5.74) is 4.06. The first kappa shape index (κ1) is 17.3. The zero-order valence-corrected chi connectivity index (χ0v) is 13.9. The molecule has 0 spiro atoms. The third-order valence-corrected chi connectivity index (χ3v) is 3.29. The zero-order chi connectivity index (χ0) is 17.4. The largest absolute Gasteiger partial charge is 0.497 e. The van der Waals surface area contributed by atoms with Crippen LogP contribution in [0.2, 0.25) is 0 Å². The molecule has 0 saturated carbocycles. The number of amides is 1. The summed E-state index contributed by atoms with van der Waals surface area (Å²) in [6.07, 6.45) is 0. The first-order chi connectivity index (χ1) is 11.6. The number of rotatable bonds is 7. The van der Waals surface area contributed by atoms with Crippen LogP contribution < -0.4 is 19.6 Å². The Balaban J connectivity index is 1.84. The van der Waals surface area contributed by atoms with E-state index in [0.717, 1.165) is 17.1 Å². The van der Waals surface area contributed by atoms with Crippen molar-refractivity contribution in [3.05, 3.63) is 54.1 Å². The first-order valence-electron chi connectivity index (χ1n) is 7.37. The predicted molar refractivity (Wildman–Crippen MR) is 91.8 cm³/mol. The van der Waals surface area contributed by atoms with Crippen molar-refractivity contribution in [1.82, 2.24) is 5.43 Å². The molecule has 2 aromatic carbocycles. The molecule has 0 atom stereocenters. The van der Waals surface area contributed by atoms with E-state index in [1.165, 1.54) is 0 Å². The molecule has 6 nitrogen and oxygen atoms in total. The van der Waals surface area contributed by atoms with Crippen molar-refractivity contribution in [1.29, 1.82) is 0 Å². The molecule has 0 aliphatic rings. The smallest absolute Gasteiger partial charge is 0.277 e. The fraction of sp³-hybridized carbons (Fsp3) is 0.222. The molecular formula is C18H20N2O4. The minimum absolute atomic E-state index is 0.119. The number of nitrogens with zero attached hydrogens (tertiary/aromatic N) is 1. The number of ether oxygens (including phenoxy) is 3. The van der Waals surface area contributed by atoms with Crippen molar-refractivity contribution in [2.75, 3.05) is 20.8 Å². The minimum atomic E-state index is -0.335. The van der Waals surface area contributed by atoms with Crippen LogP contribution in [-0.2, 0) is 4.79 Å².